The molecule has 0 aliphatic carbocycles. The van der Waals surface area contributed by atoms with E-state index in [9.17, 15) is 9.18 Å². The van der Waals surface area contributed by atoms with Gasteiger partial charge in [0.1, 0.15) is 17.5 Å². The number of amides is 1. The zero-order valence-electron chi connectivity index (χ0n) is 8.62. The first-order chi connectivity index (χ1) is 7.60. The molecule has 0 aliphatic heterocycles. The van der Waals surface area contributed by atoms with Crippen molar-refractivity contribution in [3.63, 3.8) is 0 Å². The fourth-order valence-electron chi connectivity index (χ4n) is 1.22. The molecule has 0 spiro atoms. The van der Waals surface area contributed by atoms with Gasteiger partial charge >= 0.3 is 0 Å². The topological polar surface area (TPSA) is 78.9 Å². The highest BCUT2D eigenvalue weighted by molar-refractivity contribution is 6.04. The molecule has 0 saturated heterocycles. The minimum atomic E-state index is -0.663. The molecule has 0 atom stereocenters. The van der Waals surface area contributed by atoms with Crippen molar-refractivity contribution >= 4 is 11.5 Å². The van der Waals surface area contributed by atoms with Gasteiger partial charge in [-0.1, -0.05) is 12.1 Å². The van der Waals surface area contributed by atoms with Crippen molar-refractivity contribution in [1.82, 2.24) is 5.43 Å². The van der Waals surface area contributed by atoms with Crippen LogP contribution in [0.3, 0.4) is 0 Å². The summed E-state index contributed by atoms with van der Waals surface area (Å²) in [6, 6.07) is 7.26. The Morgan fingerprint density at radius 3 is 2.44 bits per heavy atom. The van der Waals surface area contributed by atoms with Crippen LogP contribution < -0.4 is 11.3 Å². The van der Waals surface area contributed by atoms with Gasteiger partial charge in [-0.05, 0) is 30.2 Å². The zero-order valence-corrected chi connectivity index (χ0v) is 8.62. The predicted molar refractivity (Wildman–Crippen MR) is 56.9 cm³/mol. The van der Waals surface area contributed by atoms with E-state index in [1.54, 1.807) is 13.0 Å². The lowest BCUT2D eigenvalue weighted by atomic mass is 10.0. The number of allylic oxidation sites excluding steroid dienone is 1. The number of rotatable bonds is 2. The van der Waals surface area contributed by atoms with E-state index in [0.717, 1.165) is 0 Å². The first-order valence-electron chi connectivity index (χ1n) is 4.48. The molecule has 0 heterocycles. The molecule has 0 aliphatic rings. The van der Waals surface area contributed by atoms with Crippen LogP contribution in [0.15, 0.2) is 29.8 Å². The lowest BCUT2D eigenvalue weighted by Crippen LogP contribution is -2.31. The molecule has 0 saturated carbocycles. The average Bonchev–Trinajstić information content (AvgIpc) is 2.30. The van der Waals surface area contributed by atoms with Crippen LogP contribution in [-0.4, -0.2) is 5.91 Å². The van der Waals surface area contributed by atoms with Gasteiger partial charge in [-0.25, -0.2) is 10.2 Å². The Hall–Kier alpha value is -2.19. The summed E-state index contributed by atoms with van der Waals surface area (Å²) in [4.78, 5) is 11.2. The molecule has 1 rings (SSSR count). The molecule has 0 aromatic heterocycles. The van der Waals surface area contributed by atoms with E-state index in [0.29, 0.717) is 11.1 Å². The van der Waals surface area contributed by atoms with Gasteiger partial charge in [0.05, 0.1) is 0 Å². The Kier molecular flexibility index (Phi) is 3.75. The number of nitrogens with two attached hydrogens (primary N) is 1. The van der Waals surface area contributed by atoms with Crippen LogP contribution in [0.5, 0.6) is 0 Å². The number of nitrogens with one attached hydrogen (secondary N) is 1. The Morgan fingerprint density at radius 2 is 2.00 bits per heavy atom. The summed E-state index contributed by atoms with van der Waals surface area (Å²) in [7, 11) is 0. The second-order valence-electron chi connectivity index (χ2n) is 3.09. The SMILES string of the molecule is CC(=C(C#N)C(=O)NN)c1ccc(F)cc1. The summed E-state index contributed by atoms with van der Waals surface area (Å²) in [6.45, 7) is 1.60. The van der Waals surface area contributed by atoms with Crippen LogP contribution in [0.2, 0.25) is 0 Å². The largest absolute Gasteiger partial charge is 0.290 e. The monoisotopic (exact) mass is 219 g/mol. The predicted octanol–water partition coefficient (Wildman–Crippen LogP) is 1.11. The smallest absolute Gasteiger partial charge is 0.276 e. The third kappa shape index (κ3) is 2.43. The summed E-state index contributed by atoms with van der Waals surface area (Å²) >= 11 is 0. The van der Waals surface area contributed by atoms with Crippen molar-refractivity contribution in [2.45, 2.75) is 6.92 Å². The number of nitriles is 1. The molecule has 1 amide bonds. The molecule has 16 heavy (non-hydrogen) atoms. The summed E-state index contributed by atoms with van der Waals surface area (Å²) in [6.07, 6.45) is 0. The van der Waals surface area contributed by atoms with Gasteiger partial charge in [0.2, 0.25) is 0 Å². The van der Waals surface area contributed by atoms with Crippen molar-refractivity contribution in [2.75, 3.05) is 0 Å². The van der Waals surface area contributed by atoms with Gasteiger partial charge in [0.25, 0.3) is 5.91 Å². The van der Waals surface area contributed by atoms with Crippen molar-refractivity contribution in [1.29, 1.82) is 5.26 Å². The number of carbonyl (C=O) groups excluding carboxylic acids is 1. The fraction of sp³-hybridized carbons (Fsp3) is 0.0909. The Balaban J connectivity index is 3.21. The number of hydrogen-bond acceptors (Lipinski definition) is 3. The van der Waals surface area contributed by atoms with Crippen molar-refractivity contribution in [2.24, 2.45) is 5.84 Å². The summed E-state index contributed by atoms with van der Waals surface area (Å²) in [5.74, 6) is 3.90. The molecule has 0 bridgehead atoms. The number of nitrogens with zero attached hydrogens (tertiary/aromatic N) is 1. The van der Waals surface area contributed by atoms with Crippen molar-refractivity contribution in [3.05, 3.63) is 41.2 Å². The van der Waals surface area contributed by atoms with Crippen molar-refractivity contribution < 1.29 is 9.18 Å². The van der Waals surface area contributed by atoms with E-state index in [-0.39, 0.29) is 11.4 Å². The van der Waals surface area contributed by atoms with Crippen LogP contribution in [0, 0.1) is 17.1 Å². The number of carbonyl (C=O) groups is 1. The van der Waals surface area contributed by atoms with Crippen LogP contribution in [0.1, 0.15) is 12.5 Å². The number of hydrogen-bond donors (Lipinski definition) is 2. The van der Waals surface area contributed by atoms with E-state index < -0.39 is 5.91 Å². The molecule has 3 N–H and O–H groups in total. The van der Waals surface area contributed by atoms with Crippen LogP contribution in [-0.2, 0) is 4.79 Å². The van der Waals surface area contributed by atoms with Crippen molar-refractivity contribution in [3.8, 4) is 6.07 Å². The van der Waals surface area contributed by atoms with E-state index in [1.807, 2.05) is 5.43 Å². The Morgan fingerprint density at radius 1 is 1.44 bits per heavy atom. The standard InChI is InChI=1S/C11H10FN3O/c1-7(10(6-13)11(16)15-14)8-2-4-9(12)5-3-8/h2-5H,14H2,1H3,(H,15,16). The number of hydrazine groups is 1. The van der Waals surface area contributed by atoms with E-state index in [2.05, 4.69) is 0 Å². The Labute approximate surface area is 92.1 Å². The van der Waals surface area contributed by atoms with Gasteiger partial charge < -0.3 is 0 Å². The van der Waals surface area contributed by atoms with E-state index in [4.69, 9.17) is 11.1 Å². The van der Waals surface area contributed by atoms with Crippen LogP contribution in [0.4, 0.5) is 4.39 Å². The third-order valence-corrected chi connectivity index (χ3v) is 2.12. The van der Waals surface area contributed by atoms with Crippen LogP contribution in [0.25, 0.3) is 5.57 Å². The highest BCUT2D eigenvalue weighted by Crippen LogP contribution is 2.18. The molecule has 0 unspecified atom stereocenters. The summed E-state index contributed by atoms with van der Waals surface area (Å²) < 4.78 is 12.7. The number of benzene rings is 1. The van der Waals surface area contributed by atoms with E-state index in [1.165, 1.54) is 24.3 Å². The number of halogens is 1. The molecule has 5 heteroatoms. The summed E-state index contributed by atoms with van der Waals surface area (Å²) in [5, 5.41) is 8.82. The third-order valence-electron chi connectivity index (χ3n) is 2.12. The zero-order chi connectivity index (χ0) is 12.1. The maximum atomic E-state index is 12.7. The molecule has 4 nitrogen and oxygen atoms in total. The molecule has 1 aromatic rings. The van der Waals surface area contributed by atoms with Gasteiger partial charge in [0, 0.05) is 0 Å². The second-order valence-corrected chi connectivity index (χ2v) is 3.09. The average molecular weight is 219 g/mol. The fourth-order valence-corrected chi connectivity index (χ4v) is 1.22. The molecular weight excluding hydrogens is 209 g/mol. The maximum absolute atomic E-state index is 12.7. The van der Waals surface area contributed by atoms with Gasteiger partial charge in [-0.15, -0.1) is 0 Å². The molecular formula is C11H10FN3O. The maximum Gasteiger partial charge on any atom is 0.276 e. The molecule has 1 aromatic carbocycles. The lowest BCUT2D eigenvalue weighted by molar-refractivity contribution is -0.117. The van der Waals surface area contributed by atoms with Crippen LogP contribution >= 0.6 is 0 Å². The Bertz CT molecular complexity index is 471. The second kappa shape index (κ2) is 5.05. The molecule has 82 valence electrons. The first-order valence-corrected chi connectivity index (χ1v) is 4.48. The van der Waals surface area contributed by atoms with E-state index >= 15 is 0 Å². The minimum Gasteiger partial charge on any atom is -0.290 e. The highest BCUT2D eigenvalue weighted by atomic mass is 19.1. The van der Waals surface area contributed by atoms with Gasteiger partial charge in [-0.2, -0.15) is 5.26 Å². The first kappa shape index (κ1) is 11.9. The molecule has 0 radical (unpaired) electrons. The quantitative estimate of drug-likeness (QED) is 0.257. The normalized spacial score (nSPS) is 11.4. The van der Waals surface area contributed by atoms with Gasteiger partial charge in [-0.3, -0.25) is 10.2 Å². The lowest BCUT2D eigenvalue weighted by Gasteiger charge is -2.04. The van der Waals surface area contributed by atoms with Gasteiger partial charge in [0.15, 0.2) is 0 Å². The summed E-state index contributed by atoms with van der Waals surface area (Å²) in [5.41, 5.74) is 2.84. The minimum absolute atomic E-state index is 0.0888. The highest BCUT2D eigenvalue weighted by Gasteiger charge is 2.12. The molecule has 0 fully saturated rings.